The van der Waals surface area contributed by atoms with E-state index in [1.807, 2.05) is 32.9 Å². The molecule has 2 N–H and O–H groups in total. The molecule has 2 aromatic carbocycles. The topological polar surface area (TPSA) is 70.9 Å². The third-order valence-corrected chi connectivity index (χ3v) is 4.87. The second kappa shape index (κ2) is 8.49. The third kappa shape index (κ3) is 5.06. The molecule has 25 heavy (non-hydrogen) atoms. The van der Waals surface area contributed by atoms with E-state index in [-0.39, 0.29) is 18.3 Å². The van der Waals surface area contributed by atoms with Crippen molar-refractivity contribution in [3.05, 3.63) is 55.5 Å². The zero-order valence-corrected chi connectivity index (χ0v) is 17.2. The summed E-state index contributed by atoms with van der Waals surface area (Å²) in [4.78, 5) is 11.9. The molecule has 0 aliphatic carbocycles. The number of halogens is 2. The number of rotatable bonds is 5. The fourth-order valence-electron chi connectivity index (χ4n) is 2.16. The van der Waals surface area contributed by atoms with Crippen molar-refractivity contribution in [1.82, 2.24) is 5.43 Å². The first kappa shape index (κ1) is 19.5. The van der Waals surface area contributed by atoms with Crippen LogP contribution in [0.3, 0.4) is 0 Å². The molecule has 0 fully saturated rings. The first-order valence-electron chi connectivity index (χ1n) is 7.49. The normalized spacial score (nSPS) is 10.9. The van der Waals surface area contributed by atoms with Crippen LogP contribution in [0.5, 0.6) is 11.5 Å². The Balaban J connectivity index is 1.94. The third-order valence-electron chi connectivity index (χ3n) is 3.66. The van der Waals surface area contributed by atoms with E-state index in [2.05, 4.69) is 42.4 Å². The van der Waals surface area contributed by atoms with Gasteiger partial charge in [-0.05, 0) is 87.0 Å². The Bertz CT molecular complexity index is 812. The van der Waals surface area contributed by atoms with Crippen LogP contribution in [-0.2, 0) is 4.79 Å². The molecule has 0 saturated heterocycles. The number of hydrazone groups is 1. The molecular weight excluding hydrogens is 452 g/mol. The second-order valence-corrected chi connectivity index (χ2v) is 7.28. The molecule has 0 aromatic heterocycles. The highest BCUT2D eigenvalue weighted by Crippen LogP contribution is 2.32. The van der Waals surface area contributed by atoms with Crippen molar-refractivity contribution in [2.75, 3.05) is 6.61 Å². The van der Waals surface area contributed by atoms with Gasteiger partial charge in [0.25, 0.3) is 5.91 Å². The molecule has 0 aliphatic heterocycles. The van der Waals surface area contributed by atoms with Gasteiger partial charge in [0.1, 0.15) is 11.5 Å². The smallest absolute Gasteiger partial charge is 0.277 e. The summed E-state index contributed by atoms with van der Waals surface area (Å²) in [5.74, 6) is 0.484. The van der Waals surface area contributed by atoms with E-state index in [1.165, 1.54) is 6.21 Å². The Kier molecular flexibility index (Phi) is 6.61. The number of carbonyl (C=O) groups excluding carboxylic acids is 1. The van der Waals surface area contributed by atoms with Crippen molar-refractivity contribution in [3.63, 3.8) is 0 Å². The van der Waals surface area contributed by atoms with E-state index in [1.54, 1.807) is 12.1 Å². The predicted molar refractivity (Wildman–Crippen MR) is 105 cm³/mol. The molecule has 0 saturated carbocycles. The molecule has 0 spiro atoms. The minimum absolute atomic E-state index is 0.110. The molecule has 0 heterocycles. The van der Waals surface area contributed by atoms with Crippen LogP contribution >= 0.6 is 31.9 Å². The standard InChI is InChI=1S/C18H18Br2N2O3/c1-10-4-5-11(2)18(12(10)3)25-9-16(23)22-21-8-13-6-14(19)17(24)15(20)7-13/h4-8,24H,9H2,1-3H3,(H,22,23)/b21-8+. The van der Waals surface area contributed by atoms with Gasteiger partial charge in [0.05, 0.1) is 15.2 Å². The van der Waals surface area contributed by atoms with Crippen LogP contribution in [0, 0.1) is 20.8 Å². The molecule has 0 radical (unpaired) electrons. The van der Waals surface area contributed by atoms with Crippen LogP contribution in [0.25, 0.3) is 0 Å². The van der Waals surface area contributed by atoms with E-state index in [0.29, 0.717) is 14.5 Å². The van der Waals surface area contributed by atoms with Crippen molar-refractivity contribution < 1.29 is 14.6 Å². The molecule has 1 amide bonds. The van der Waals surface area contributed by atoms with Gasteiger partial charge in [0.15, 0.2) is 6.61 Å². The largest absolute Gasteiger partial charge is 0.506 e. The van der Waals surface area contributed by atoms with Crippen molar-refractivity contribution in [1.29, 1.82) is 0 Å². The second-order valence-electron chi connectivity index (χ2n) is 5.57. The van der Waals surface area contributed by atoms with Crippen molar-refractivity contribution in [3.8, 4) is 11.5 Å². The Hall–Kier alpha value is -1.86. The first-order valence-corrected chi connectivity index (χ1v) is 9.07. The lowest BCUT2D eigenvalue weighted by Gasteiger charge is -2.13. The van der Waals surface area contributed by atoms with Crippen LogP contribution in [0.15, 0.2) is 38.3 Å². The number of ether oxygens (including phenoxy) is 1. The lowest BCUT2D eigenvalue weighted by Crippen LogP contribution is -2.25. The van der Waals surface area contributed by atoms with Gasteiger partial charge in [0.2, 0.25) is 0 Å². The maximum atomic E-state index is 11.9. The summed E-state index contributed by atoms with van der Waals surface area (Å²) >= 11 is 6.48. The number of aryl methyl sites for hydroxylation is 2. The van der Waals surface area contributed by atoms with Crippen molar-refractivity contribution in [2.45, 2.75) is 20.8 Å². The number of hydrogen-bond acceptors (Lipinski definition) is 4. The van der Waals surface area contributed by atoms with Gasteiger partial charge in [-0.15, -0.1) is 0 Å². The number of amides is 1. The Labute approximate surface area is 163 Å². The van der Waals surface area contributed by atoms with E-state index in [4.69, 9.17) is 4.74 Å². The molecule has 0 atom stereocenters. The van der Waals surface area contributed by atoms with Crippen LogP contribution in [0.1, 0.15) is 22.3 Å². The summed E-state index contributed by atoms with van der Waals surface area (Å²) < 4.78 is 6.69. The van der Waals surface area contributed by atoms with Gasteiger partial charge in [-0.25, -0.2) is 5.43 Å². The molecule has 0 bridgehead atoms. The molecule has 132 valence electrons. The monoisotopic (exact) mass is 468 g/mol. The minimum atomic E-state index is -0.353. The summed E-state index contributed by atoms with van der Waals surface area (Å²) in [6.07, 6.45) is 1.48. The number of nitrogens with zero attached hydrogens (tertiary/aromatic N) is 1. The lowest BCUT2D eigenvalue weighted by atomic mass is 10.1. The van der Waals surface area contributed by atoms with E-state index >= 15 is 0 Å². The predicted octanol–water partition coefficient (Wildman–Crippen LogP) is 4.37. The lowest BCUT2D eigenvalue weighted by molar-refractivity contribution is -0.123. The minimum Gasteiger partial charge on any atom is -0.506 e. The Morgan fingerprint density at radius 2 is 1.80 bits per heavy atom. The van der Waals surface area contributed by atoms with Crippen LogP contribution in [-0.4, -0.2) is 23.8 Å². The van der Waals surface area contributed by atoms with Gasteiger partial charge in [-0.1, -0.05) is 12.1 Å². The summed E-state index contributed by atoms with van der Waals surface area (Å²) in [5, 5.41) is 13.6. The van der Waals surface area contributed by atoms with E-state index in [9.17, 15) is 9.90 Å². The number of aromatic hydroxyl groups is 1. The van der Waals surface area contributed by atoms with Gasteiger partial charge < -0.3 is 9.84 Å². The fraction of sp³-hybridized carbons (Fsp3) is 0.222. The van der Waals surface area contributed by atoms with E-state index in [0.717, 1.165) is 22.4 Å². The highest BCUT2D eigenvalue weighted by molar-refractivity contribution is 9.11. The molecular formula is C18H18Br2N2O3. The van der Waals surface area contributed by atoms with Crippen molar-refractivity contribution >= 4 is 44.0 Å². The molecule has 2 aromatic rings. The highest BCUT2D eigenvalue weighted by Gasteiger charge is 2.09. The quantitative estimate of drug-likeness (QED) is 0.504. The number of benzene rings is 2. The number of phenolic OH excluding ortho intramolecular Hbond substituents is 1. The molecule has 2 rings (SSSR count). The Morgan fingerprint density at radius 1 is 1.20 bits per heavy atom. The number of nitrogens with one attached hydrogen (secondary N) is 1. The molecule has 0 aliphatic rings. The van der Waals surface area contributed by atoms with Crippen LogP contribution < -0.4 is 10.2 Å². The molecule has 7 heteroatoms. The number of carbonyl (C=O) groups is 1. The number of phenols is 1. The Morgan fingerprint density at radius 3 is 2.44 bits per heavy atom. The maximum Gasteiger partial charge on any atom is 0.277 e. The van der Waals surface area contributed by atoms with Crippen molar-refractivity contribution in [2.24, 2.45) is 5.10 Å². The summed E-state index contributed by atoms with van der Waals surface area (Å²) in [5.41, 5.74) is 6.25. The SMILES string of the molecule is Cc1ccc(C)c(OCC(=O)N/N=C/c2cc(Br)c(O)c(Br)c2)c1C. The average molecular weight is 470 g/mol. The summed E-state index contributed by atoms with van der Waals surface area (Å²) in [6.45, 7) is 5.79. The fourth-order valence-corrected chi connectivity index (χ4v) is 3.38. The van der Waals surface area contributed by atoms with Gasteiger partial charge in [0, 0.05) is 0 Å². The van der Waals surface area contributed by atoms with E-state index < -0.39 is 0 Å². The van der Waals surface area contributed by atoms with Gasteiger partial charge in [-0.3, -0.25) is 4.79 Å². The van der Waals surface area contributed by atoms with Gasteiger partial charge in [-0.2, -0.15) is 5.10 Å². The average Bonchev–Trinajstić information content (AvgIpc) is 2.56. The summed E-state index contributed by atoms with van der Waals surface area (Å²) in [6, 6.07) is 7.36. The number of hydrogen-bond donors (Lipinski definition) is 2. The zero-order valence-electron chi connectivity index (χ0n) is 14.1. The highest BCUT2D eigenvalue weighted by atomic mass is 79.9. The summed E-state index contributed by atoms with van der Waals surface area (Å²) in [7, 11) is 0. The molecule has 0 unspecified atom stereocenters. The first-order chi connectivity index (χ1) is 11.8. The van der Waals surface area contributed by atoms with Crippen LogP contribution in [0.4, 0.5) is 0 Å². The maximum absolute atomic E-state index is 11.9. The zero-order chi connectivity index (χ0) is 18.6. The van der Waals surface area contributed by atoms with Gasteiger partial charge >= 0.3 is 0 Å². The molecule has 5 nitrogen and oxygen atoms in total. The van der Waals surface area contributed by atoms with Crippen LogP contribution in [0.2, 0.25) is 0 Å².